The van der Waals surface area contributed by atoms with Crippen LogP contribution in [0.3, 0.4) is 0 Å². The van der Waals surface area contributed by atoms with E-state index in [-0.39, 0.29) is 10.8 Å². The van der Waals surface area contributed by atoms with Crippen LogP contribution in [0.2, 0.25) is 0 Å². The Morgan fingerprint density at radius 3 is 3.06 bits per heavy atom. The van der Waals surface area contributed by atoms with Gasteiger partial charge in [-0.3, -0.25) is 0 Å². The molecule has 1 unspecified atom stereocenters. The van der Waals surface area contributed by atoms with Crippen LogP contribution < -0.4 is 11.1 Å². The van der Waals surface area contributed by atoms with Gasteiger partial charge in [-0.05, 0) is 37.5 Å². The van der Waals surface area contributed by atoms with Gasteiger partial charge in [-0.2, -0.15) is 0 Å². The number of benzene rings is 1. The highest BCUT2D eigenvalue weighted by atomic mass is 32.1. The summed E-state index contributed by atoms with van der Waals surface area (Å²) >= 11 is 4.91. The lowest BCUT2D eigenvalue weighted by Crippen LogP contribution is -2.16. The number of nitrogens with one attached hydrogen (secondary N) is 1. The van der Waals surface area contributed by atoms with Crippen LogP contribution in [0.25, 0.3) is 0 Å². The monoisotopic (exact) mass is 268 g/mol. The van der Waals surface area contributed by atoms with Gasteiger partial charge in [-0.25, -0.2) is 4.39 Å². The molecule has 1 aromatic carbocycles. The second kappa shape index (κ2) is 6.11. The predicted octanol–water partition coefficient (Wildman–Crippen LogP) is 2.44. The molecular formula is C13H17FN2OS. The van der Waals surface area contributed by atoms with Crippen LogP contribution in [0.1, 0.15) is 24.8 Å². The second-order valence-corrected chi connectivity index (χ2v) is 4.84. The molecule has 1 fully saturated rings. The topological polar surface area (TPSA) is 47.3 Å². The Bertz CT molecular complexity index is 433. The summed E-state index contributed by atoms with van der Waals surface area (Å²) in [6.45, 7) is 1.63. The van der Waals surface area contributed by atoms with Crippen molar-refractivity contribution in [3.8, 4) is 0 Å². The van der Waals surface area contributed by atoms with Crippen molar-refractivity contribution in [3.05, 3.63) is 29.6 Å². The predicted molar refractivity (Wildman–Crippen MR) is 74.4 cm³/mol. The van der Waals surface area contributed by atoms with Gasteiger partial charge in [0.15, 0.2) is 0 Å². The van der Waals surface area contributed by atoms with Gasteiger partial charge in [0.05, 0.1) is 6.10 Å². The fraction of sp³-hybridized carbons (Fsp3) is 0.462. The van der Waals surface area contributed by atoms with E-state index in [1.165, 1.54) is 12.1 Å². The first-order valence-corrected chi connectivity index (χ1v) is 6.52. The number of hydrogen-bond donors (Lipinski definition) is 2. The van der Waals surface area contributed by atoms with E-state index in [1.54, 1.807) is 6.07 Å². The molecule has 1 aliphatic heterocycles. The lowest BCUT2D eigenvalue weighted by atomic mass is 10.1. The molecule has 1 aromatic rings. The highest BCUT2D eigenvalue weighted by molar-refractivity contribution is 7.80. The SMILES string of the molecule is NC(=S)c1cc(F)ccc1NCCC1CCCO1. The van der Waals surface area contributed by atoms with Gasteiger partial charge in [0.25, 0.3) is 0 Å². The molecule has 2 rings (SSSR count). The number of thiocarbonyl (C=S) groups is 1. The van der Waals surface area contributed by atoms with Gasteiger partial charge in [-0.15, -0.1) is 0 Å². The minimum atomic E-state index is -0.331. The number of nitrogens with two attached hydrogens (primary N) is 1. The minimum absolute atomic E-state index is 0.203. The van der Waals surface area contributed by atoms with Crippen LogP contribution in [-0.2, 0) is 4.74 Å². The van der Waals surface area contributed by atoms with Crippen molar-refractivity contribution in [3.63, 3.8) is 0 Å². The lowest BCUT2D eigenvalue weighted by Gasteiger charge is -2.13. The highest BCUT2D eigenvalue weighted by Crippen LogP contribution is 2.19. The number of hydrogen-bond acceptors (Lipinski definition) is 3. The summed E-state index contributed by atoms with van der Waals surface area (Å²) in [5.74, 6) is -0.331. The Morgan fingerprint density at radius 2 is 2.39 bits per heavy atom. The summed E-state index contributed by atoms with van der Waals surface area (Å²) in [7, 11) is 0. The first-order valence-electron chi connectivity index (χ1n) is 6.11. The van der Waals surface area contributed by atoms with Crippen LogP contribution in [0.4, 0.5) is 10.1 Å². The fourth-order valence-corrected chi connectivity index (χ4v) is 2.28. The molecule has 1 aliphatic rings. The van der Waals surface area contributed by atoms with Crippen LogP contribution in [0.15, 0.2) is 18.2 Å². The Hall–Kier alpha value is -1.20. The number of halogens is 1. The van der Waals surface area contributed by atoms with Crippen LogP contribution in [0.5, 0.6) is 0 Å². The molecule has 0 radical (unpaired) electrons. The third-order valence-electron chi connectivity index (χ3n) is 3.05. The standard InChI is InChI=1S/C13H17FN2OS/c14-9-3-4-12(11(8-9)13(15)18)16-6-5-10-2-1-7-17-10/h3-4,8,10,16H,1-2,5-7H2,(H2,15,18). The van der Waals surface area contributed by atoms with Crippen molar-refractivity contribution < 1.29 is 9.13 Å². The van der Waals surface area contributed by atoms with E-state index in [9.17, 15) is 4.39 Å². The molecule has 18 heavy (non-hydrogen) atoms. The van der Waals surface area contributed by atoms with Crippen molar-refractivity contribution in [1.29, 1.82) is 0 Å². The average molecular weight is 268 g/mol. The fourth-order valence-electron chi connectivity index (χ4n) is 2.11. The number of ether oxygens (including phenoxy) is 1. The smallest absolute Gasteiger partial charge is 0.124 e. The van der Waals surface area contributed by atoms with Gasteiger partial charge in [0.2, 0.25) is 0 Å². The summed E-state index contributed by atoms with van der Waals surface area (Å²) in [4.78, 5) is 0.203. The van der Waals surface area contributed by atoms with E-state index in [0.29, 0.717) is 11.7 Å². The van der Waals surface area contributed by atoms with Crippen molar-refractivity contribution in [2.45, 2.75) is 25.4 Å². The molecule has 1 heterocycles. The van der Waals surface area contributed by atoms with E-state index in [2.05, 4.69) is 5.32 Å². The summed E-state index contributed by atoms with van der Waals surface area (Å²) < 4.78 is 18.6. The molecule has 1 saturated heterocycles. The number of anilines is 1. The largest absolute Gasteiger partial charge is 0.389 e. The molecule has 0 aromatic heterocycles. The zero-order valence-corrected chi connectivity index (χ0v) is 10.9. The highest BCUT2D eigenvalue weighted by Gasteiger charge is 2.15. The second-order valence-electron chi connectivity index (χ2n) is 4.40. The van der Waals surface area contributed by atoms with Crippen LogP contribution >= 0.6 is 12.2 Å². The Labute approximate surface area is 112 Å². The molecule has 0 saturated carbocycles. The third-order valence-corrected chi connectivity index (χ3v) is 3.27. The van der Waals surface area contributed by atoms with Crippen LogP contribution in [0, 0.1) is 5.82 Å². The minimum Gasteiger partial charge on any atom is -0.389 e. The Morgan fingerprint density at radius 1 is 1.56 bits per heavy atom. The zero-order valence-electron chi connectivity index (χ0n) is 10.1. The maximum atomic E-state index is 13.1. The van der Waals surface area contributed by atoms with E-state index >= 15 is 0 Å². The summed E-state index contributed by atoms with van der Waals surface area (Å²) in [5.41, 5.74) is 6.91. The maximum Gasteiger partial charge on any atom is 0.124 e. The van der Waals surface area contributed by atoms with Gasteiger partial charge < -0.3 is 15.8 Å². The van der Waals surface area contributed by atoms with Crippen LogP contribution in [-0.4, -0.2) is 24.2 Å². The van der Waals surface area contributed by atoms with Crippen molar-refractivity contribution in [1.82, 2.24) is 0 Å². The molecular weight excluding hydrogens is 251 g/mol. The van der Waals surface area contributed by atoms with Crippen molar-refractivity contribution >= 4 is 22.9 Å². The van der Waals surface area contributed by atoms with E-state index < -0.39 is 0 Å². The van der Waals surface area contributed by atoms with E-state index in [1.807, 2.05) is 0 Å². The molecule has 0 bridgehead atoms. The first-order chi connectivity index (χ1) is 8.66. The molecule has 5 heteroatoms. The zero-order chi connectivity index (χ0) is 13.0. The Balaban J connectivity index is 1.93. The van der Waals surface area contributed by atoms with Gasteiger partial charge in [0.1, 0.15) is 10.8 Å². The van der Waals surface area contributed by atoms with Gasteiger partial charge in [0, 0.05) is 24.4 Å². The third kappa shape index (κ3) is 3.40. The lowest BCUT2D eigenvalue weighted by molar-refractivity contribution is 0.107. The molecule has 98 valence electrons. The average Bonchev–Trinajstić information content (AvgIpc) is 2.84. The Kier molecular flexibility index (Phi) is 4.49. The molecule has 3 N–H and O–H groups in total. The van der Waals surface area contributed by atoms with Crippen molar-refractivity contribution in [2.75, 3.05) is 18.5 Å². The maximum absolute atomic E-state index is 13.1. The summed E-state index contributed by atoms with van der Waals surface area (Å²) in [5, 5.41) is 3.23. The molecule has 0 aliphatic carbocycles. The summed E-state index contributed by atoms with van der Waals surface area (Å²) in [6, 6.07) is 4.42. The quantitative estimate of drug-likeness (QED) is 0.805. The van der Waals surface area contributed by atoms with E-state index in [0.717, 1.165) is 38.1 Å². The van der Waals surface area contributed by atoms with Crippen molar-refractivity contribution in [2.24, 2.45) is 5.73 Å². The first kappa shape index (κ1) is 13.2. The van der Waals surface area contributed by atoms with E-state index in [4.69, 9.17) is 22.7 Å². The van der Waals surface area contributed by atoms with Gasteiger partial charge in [-0.1, -0.05) is 12.2 Å². The summed E-state index contributed by atoms with van der Waals surface area (Å²) in [6.07, 6.45) is 3.53. The molecule has 3 nitrogen and oxygen atoms in total. The normalized spacial score (nSPS) is 18.8. The molecule has 0 spiro atoms. The van der Waals surface area contributed by atoms with Gasteiger partial charge >= 0.3 is 0 Å². The molecule has 0 amide bonds. The number of rotatable bonds is 5. The molecule has 1 atom stereocenters.